The van der Waals surface area contributed by atoms with Crippen molar-refractivity contribution < 1.29 is 24.5 Å². The summed E-state index contributed by atoms with van der Waals surface area (Å²) in [6.45, 7) is 0. The van der Waals surface area contributed by atoms with Crippen molar-refractivity contribution >= 4 is 5.97 Å². The third kappa shape index (κ3) is 2.83. The van der Waals surface area contributed by atoms with E-state index in [2.05, 4.69) is 4.98 Å². The molecule has 6 heteroatoms. The third-order valence-electron chi connectivity index (χ3n) is 2.05. The van der Waals surface area contributed by atoms with E-state index in [9.17, 15) is 9.90 Å². The quantitative estimate of drug-likeness (QED) is 0.740. The van der Waals surface area contributed by atoms with Crippen LogP contribution in [0, 0.1) is 0 Å². The van der Waals surface area contributed by atoms with Gasteiger partial charge in [0.1, 0.15) is 5.75 Å². The molecule has 16 heavy (non-hydrogen) atoms. The van der Waals surface area contributed by atoms with Crippen molar-refractivity contribution in [1.29, 1.82) is 0 Å². The largest absolute Gasteiger partial charge is 0.495 e. The first kappa shape index (κ1) is 12.3. The number of aromatic nitrogens is 1. The number of carbonyl (C=O) groups is 1. The lowest BCUT2D eigenvalue weighted by atomic mass is 10.1. The molecule has 6 nitrogen and oxygen atoms in total. The lowest BCUT2D eigenvalue weighted by Gasteiger charge is -2.11. The van der Waals surface area contributed by atoms with E-state index in [1.165, 1.54) is 26.5 Å². The summed E-state index contributed by atoms with van der Waals surface area (Å²) in [4.78, 5) is 14.4. The highest BCUT2D eigenvalue weighted by Crippen LogP contribution is 2.22. The molecule has 0 aliphatic rings. The maximum absolute atomic E-state index is 10.5. The van der Waals surface area contributed by atoms with E-state index in [-0.39, 0.29) is 6.42 Å². The van der Waals surface area contributed by atoms with E-state index in [1.54, 1.807) is 0 Å². The highest BCUT2D eigenvalue weighted by Gasteiger charge is 2.17. The van der Waals surface area contributed by atoms with Crippen LogP contribution in [0.1, 0.15) is 5.56 Å². The summed E-state index contributed by atoms with van der Waals surface area (Å²) < 4.78 is 9.90. The molecule has 1 atom stereocenters. The van der Waals surface area contributed by atoms with Gasteiger partial charge < -0.3 is 19.7 Å². The van der Waals surface area contributed by atoms with Crippen LogP contribution in [0.15, 0.2) is 12.3 Å². The molecule has 1 aromatic rings. The zero-order chi connectivity index (χ0) is 12.1. The molecule has 1 unspecified atom stereocenters. The fourth-order valence-electron chi connectivity index (χ4n) is 1.21. The number of carboxylic acids is 1. The first-order valence-electron chi connectivity index (χ1n) is 4.56. The van der Waals surface area contributed by atoms with Crippen LogP contribution >= 0.6 is 0 Å². The maximum atomic E-state index is 10.5. The number of carboxylic acid groups (broad SMARTS) is 1. The summed E-state index contributed by atoms with van der Waals surface area (Å²) in [6.07, 6.45) is -0.110. The van der Waals surface area contributed by atoms with Crippen LogP contribution in [-0.2, 0) is 11.2 Å². The standard InChI is InChI=1S/C10H13NO5/c1-15-8-5-11-9(16-2)4-6(8)3-7(12)10(13)14/h4-5,7,12H,3H2,1-2H3,(H,13,14). The Hall–Kier alpha value is -1.82. The van der Waals surface area contributed by atoms with Crippen molar-refractivity contribution in [3.63, 3.8) is 0 Å². The summed E-state index contributed by atoms with van der Waals surface area (Å²) in [5, 5.41) is 17.8. The summed E-state index contributed by atoms with van der Waals surface area (Å²) >= 11 is 0. The molecule has 0 bridgehead atoms. The number of ether oxygens (including phenoxy) is 2. The van der Waals surface area contributed by atoms with E-state index in [0.29, 0.717) is 17.2 Å². The van der Waals surface area contributed by atoms with Crippen molar-refractivity contribution in [2.75, 3.05) is 14.2 Å². The second-order valence-electron chi connectivity index (χ2n) is 3.10. The Morgan fingerprint density at radius 1 is 1.50 bits per heavy atom. The molecule has 2 N–H and O–H groups in total. The summed E-state index contributed by atoms with van der Waals surface area (Å²) in [7, 11) is 2.90. The number of hydrogen-bond acceptors (Lipinski definition) is 5. The Bertz CT molecular complexity index is 379. The van der Waals surface area contributed by atoms with Crippen molar-refractivity contribution in [2.24, 2.45) is 0 Å². The number of pyridine rings is 1. The number of nitrogens with zero attached hydrogens (tertiary/aromatic N) is 1. The number of methoxy groups -OCH3 is 2. The Morgan fingerprint density at radius 2 is 2.19 bits per heavy atom. The fraction of sp³-hybridized carbons (Fsp3) is 0.400. The third-order valence-corrected chi connectivity index (χ3v) is 2.05. The van der Waals surface area contributed by atoms with Gasteiger partial charge in [0.2, 0.25) is 5.88 Å². The van der Waals surface area contributed by atoms with Crippen LogP contribution in [-0.4, -0.2) is 41.5 Å². The molecule has 0 saturated carbocycles. The van der Waals surface area contributed by atoms with Gasteiger partial charge in [0, 0.05) is 18.1 Å². The van der Waals surface area contributed by atoms with Crippen LogP contribution in [0.3, 0.4) is 0 Å². The first-order chi connectivity index (χ1) is 7.58. The molecular weight excluding hydrogens is 214 g/mol. The second-order valence-corrected chi connectivity index (χ2v) is 3.10. The van der Waals surface area contributed by atoms with Crippen LogP contribution in [0.5, 0.6) is 11.6 Å². The van der Waals surface area contributed by atoms with E-state index in [1.807, 2.05) is 0 Å². The highest BCUT2D eigenvalue weighted by molar-refractivity contribution is 5.72. The minimum atomic E-state index is -1.47. The van der Waals surface area contributed by atoms with Crippen molar-refractivity contribution in [1.82, 2.24) is 4.98 Å². The molecule has 0 amide bonds. The topological polar surface area (TPSA) is 88.9 Å². The Labute approximate surface area is 92.5 Å². The number of rotatable bonds is 5. The van der Waals surface area contributed by atoms with E-state index in [4.69, 9.17) is 14.6 Å². The van der Waals surface area contributed by atoms with Gasteiger partial charge in [0.15, 0.2) is 6.10 Å². The van der Waals surface area contributed by atoms with Gasteiger partial charge in [-0.05, 0) is 0 Å². The summed E-state index contributed by atoms with van der Waals surface area (Å²) in [5.41, 5.74) is 0.532. The first-order valence-corrected chi connectivity index (χ1v) is 4.56. The predicted octanol–water partition coefficient (Wildman–Crippen LogP) is 0.0868. The minimum absolute atomic E-state index is 0.0581. The molecule has 0 spiro atoms. The van der Waals surface area contributed by atoms with Gasteiger partial charge in [0.25, 0.3) is 0 Å². The van der Waals surface area contributed by atoms with Gasteiger partial charge in [-0.2, -0.15) is 0 Å². The van der Waals surface area contributed by atoms with Gasteiger partial charge in [-0.3, -0.25) is 0 Å². The number of aliphatic hydroxyl groups excluding tert-OH is 1. The average molecular weight is 227 g/mol. The molecule has 0 aliphatic carbocycles. The Kier molecular flexibility index (Phi) is 4.07. The zero-order valence-electron chi connectivity index (χ0n) is 9.01. The SMILES string of the molecule is COc1cc(CC(O)C(=O)O)c(OC)cn1. The number of aliphatic hydroxyl groups is 1. The summed E-state index contributed by atoms with van der Waals surface area (Å²) in [6, 6.07) is 1.53. The van der Waals surface area contributed by atoms with Gasteiger partial charge in [0.05, 0.1) is 20.4 Å². The Balaban J connectivity index is 2.95. The zero-order valence-corrected chi connectivity index (χ0v) is 9.01. The van der Waals surface area contributed by atoms with Crippen LogP contribution in [0.2, 0.25) is 0 Å². The predicted molar refractivity (Wildman–Crippen MR) is 54.7 cm³/mol. The fourth-order valence-corrected chi connectivity index (χ4v) is 1.21. The molecular formula is C10H13NO5. The maximum Gasteiger partial charge on any atom is 0.332 e. The molecule has 1 rings (SSSR count). The molecule has 1 aromatic heterocycles. The Morgan fingerprint density at radius 3 is 2.69 bits per heavy atom. The smallest absolute Gasteiger partial charge is 0.332 e. The van der Waals surface area contributed by atoms with E-state index in [0.717, 1.165) is 0 Å². The van der Waals surface area contributed by atoms with Gasteiger partial charge in [-0.25, -0.2) is 9.78 Å². The summed E-state index contributed by atoms with van der Waals surface area (Å²) in [5.74, 6) is -0.521. The van der Waals surface area contributed by atoms with Crippen LogP contribution in [0.25, 0.3) is 0 Å². The number of hydrogen-bond donors (Lipinski definition) is 2. The lowest BCUT2D eigenvalue weighted by Crippen LogP contribution is -2.22. The number of aliphatic carboxylic acids is 1. The van der Waals surface area contributed by atoms with E-state index < -0.39 is 12.1 Å². The van der Waals surface area contributed by atoms with Gasteiger partial charge in [-0.15, -0.1) is 0 Å². The molecule has 1 heterocycles. The van der Waals surface area contributed by atoms with Gasteiger partial charge in [-0.1, -0.05) is 0 Å². The van der Waals surface area contributed by atoms with Crippen LogP contribution < -0.4 is 9.47 Å². The van der Waals surface area contributed by atoms with Crippen molar-refractivity contribution in [3.8, 4) is 11.6 Å². The molecule has 0 aliphatic heterocycles. The average Bonchev–Trinajstić information content (AvgIpc) is 2.28. The highest BCUT2D eigenvalue weighted by atomic mass is 16.5. The van der Waals surface area contributed by atoms with E-state index >= 15 is 0 Å². The lowest BCUT2D eigenvalue weighted by molar-refractivity contribution is -0.146. The normalized spacial score (nSPS) is 11.9. The molecule has 0 fully saturated rings. The molecule has 0 aromatic carbocycles. The van der Waals surface area contributed by atoms with Crippen LogP contribution in [0.4, 0.5) is 0 Å². The van der Waals surface area contributed by atoms with Crippen molar-refractivity contribution in [2.45, 2.75) is 12.5 Å². The minimum Gasteiger partial charge on any atom is -0.495 e. The monoisotopic (exact) mass is 227 g/mol. The second kappa shape index (κ2) is 5.32. The molecule has 0 saturated heterocycles. The van der Waals surface area contributed by atoms with Crippen molar-refractivity contribution in [3.05, 3.63) is 17.8 Å². The molecule has 0 radical (unpaired) electrons. The molecule has 88 valence electrons. The van der Waals surface area contributed by atoms with Gasteiger partial charge >= 0.3 is 5.97 Å².